The maximum Gasteiger partial charge on any atom is 0.416 e. The summed E-state index contributed by atoms with van der Waals surface area (Å²) in [5.74, 6) is 0.195. The second-order valence-corrected chi connectivity index (χ2v) is 5.78. The van der Waals surface area contributed by atoms with Crippen molar-refractivity contribution in [1.82, 2.24) is 15.5 Å². The first kappa shape index (κ1) is 18.5. The van der Waals surface area contributed by atoms with Gasteiger partial charge >= 0.3 is 6.18 Å². The average molecular weight is 375 g/mol. The van der Waals surface area contributed by atoms with Gasteiger partial charge in [0.25, 0.3) is 5.91 Å². The molecule has 3 aromatic rings. The third kappa shape index (κ3) is 4.46. The summed E-state index contributed by atoms with van der Waals surface area (Å²) in [6.45, 7) is -0.0315. The zero-order valence-electron chi connectivity index (χ0n) is 14.3. The fourth-order valence-corrected chi connectivity index (χ4v) is 2.50. The molecule has 0 bridgehead atoms. The fourth-order valence-electron chi connectivity index (χ4n) is 2.50. The first-order valence-electron chi connectivity index (χ1n) is 8.01. The number of methoxy groups -OCH3 is 1. The van der Waals surface area contributed by atoms with Crippen LogP contribution in [0, 0.1) is 0 Å². The van der Waals surface area contributed by atoms with Crippen LogP contribution in [0.4, 0.5) is 13.2 Å². The molecule has 8 heteroatoms. The fraction of sp³-hybridized carbons (Fsp3) is 0.158. The molecule has 2 N–H and O–H groups in total. The van der Waals surface area contributed by atoms with E-state index in [1.807, 2.05) is 6.07 Å². The number of aromatic amines is 1. The van der Waals surface area contributed by atoms with E-state index in [0.29, 0.717) is 17.0 Å². The number of nitrogens with one attached hydrogen (secondary N) is 2. The number of aromatic nitrogens is 2. The summed E-state index contributed by atoms with van der Waals surface area (Å²) in [4.78, 5) is 12.2. The Bertz CT molecular complexity index is 951. The molecule has 0 aliphatic rings. The van der Waals surface area contributed by atoms with Gasteiger partial charge in [-0.15, -0.1) is 0 Å². The van der Waals surface area contributed by atoms with Crippen molar-refractivity contribution in [2.24, 2.45) is 0 Å². The number of H-pyrrole nitrogens is 1. The molecule has 0 aliphatic heterocycles. The number of carbonyl (C=O) groups excluding carboxylic acids is 1. The van der Waals surface area contributed by atoms with Gasteiger partial charge in [0, 0.05) is 12.1 Å². The minimum Gasteiger partial charge on any atom is -0.497 e. The van der Waals surface area contributed by atoms with Crippen LogP contribution in [0.2, 0.25) is 0 Å². The number of carbonyl (C=O) groups is 1. The Morgan fingerprint density at radius 3 is 2.67 bits per heavy atom. The van der Waals surface area contributed by atoms with Crippen LogP contribution >= 0.6 is 0 Å². The molecule has 27 heavy (non-hydrogen) atoms. The summed E-state index contributed by atoms with van der Waals surface area (Å²) in [5, 5.41) is 9.30. The van der Waals surface area contributed by atoms with Crippen LogP contribution in [-0.4, -0.2) is 23.2 Å². The topological polar surface area (TPSA) is 67.0 Å². The van der Waals surface area contributed by atoms with Gasteiger partial charge in [-0.25, -0.2) is 0 Å². The summed E-state index contributed by atoms with van der Waals surface area (Å²) < 4.78 is 43.4. The molecule has 3 rings (SSSR count). The van der Waals surface area contributed by atoms with E-state index in [9.17, 15) is 18.0 Å². The van der Waals surface area contributed by atoms with Gasteiger partial charge in [-0.05, 0) is 35.9 Å². The zero-order valence-corrected chi connectivity index (χ0v) is 14.3. The number of ether oxygens (including phenoxy) is 1. The van der Waals surface area contributed by atoms with Crippen molar-refractivity contribution in [2.45, 2.75) is 12.7 Å². The SMILES string of the molecule is COc1cccc(-c2cc(C(=O)NCc3cccc(C(F)(F)F)c3)[nH]n2)c1. The van der Waals surface area contributed by atoms with Gasteiger partial charge in [-0.3, -0.25) is 9.89 Å². The molecule has 0 aliphatic carbocycles. The van der Waals surface area contributed by atoms with E-state index >= 15 is 0 Å². The van der Waals surface area contributed by atoms with E-state index in [1.165, 1.54) is 12.1 Å². The van der Waals surface area contributed by atoms with Crippen molar-refractivity contribution in [3.63, 3.8) is 0 Å². The van der Waals surface area contributed by atoms with Crippen LogP contribution in [-0.2, 0) is 12.7 Å². The summed E-state index contributed by atoms with van der Waals surface area (Å²) in [5.41, 5.74) is 1.13. The molecule has 1 amide bonds. The molecule has 0 unspecified atom stereocenters. The van der Waals surface area contributed by atoms with E-state index in [1.54, 1.807) is 31.4 Å². The molecule has 140 valence electrons. The number of nitrogens with zero attached hydrogens (tertiary/aromatic N) is 1. The highest BCUT2D eigenvalue weighted by atomic mass is 19.4. The van der Waals surface area contributed by atoms with Crippen LogP contribution in [0.3, 0.4) is 0 Å². The van der Waals surface area contributed by atoms with Crippen molar-refractivity contribution in [3.8, 4) is 17.0 Å². The highest BCUT2D eigenvalue weighted by molar-refractivity contribution is 5.93. The standard InChI is InChI=1S/C19H16F3N3O2/c1-27-15-7-3-5-13(9-15)16-10-17(25-24-16)18(26)23-11-12-4-2-6-14(8-12)19(20,21)22/h2-10H,11H2,1H3,(H,23,26)(H,24,25). The molecule has 1 aromatic heterocycles. The lowest BCUT2D eigenvalue weighted by Gasteiger charge is -2.09. The van der Waals surface area contributed by atoms with Crippen molar-refractivity contribution >= 4 is 5.91 Å². The zero-order chi connectivity index (χ0) is 19.4. The first-order valence-corrected chi connectivity index (χ1v) is 8.01. The number of benzene rings is 2. The predicted octanol–water partition coefficient (Wildman–Crippen LogP) is 4.03. The molecule has 0 atom stereocenters. The lowest BCUT2D eigenvalue weighted by Crippen LogP contribution is -2.23. The summed E-state index contributed by atoms with van der Waals surface area (Å²) in [7, 11) is 1.55. The van der Waals surface area contributed by atoms with E-state index in [4.69, 9.17) is 4.74 Å². The van der Waals surface area contributed by atoms with Gasteiger partial charge < -0.3 is 10.1 Å². The van der Waals surface area contributed by atoms with Gasteiger partial charge in [-0.2, -0.15) is 18.3 Å². The highest BCUT2D eigenvalue weighted by Gasteiger charge is 2.30. The van der Waals surface area contributed by atoms with Crippen LogP contribution in [0.15, 0.2) is 54.6 Å². The quantitative estimate of drug-likeness (QED) is 0.707. The second kappa shape index (κ2) is 7.53. The van der Waals surface area contributed by atoms with Crippen LogP contribution < -0.4 is 10.1 Å². The van der Waals surface area contributed by atoms with Crippen LogP contribution in [0.5, 0.6) is 5.75 Å². The largest absolute Gasteiger partial charge is 0.497 e. The number of hydrogen-bond acceptors (Lipinski definition) is 3. The molecular weight excluding hydrogens is 359 g/mol. The lowest BCUT2D eigenvalue weighted by molar-refractivity contribution is -0.137. The number of amides is 1. The number of hydrogen-bond donors (Lipinski definition) is 2. The summed E-state index contributed by atoms with van der Waals surface area (Å²) in [6, 6.07) is 13.6. The molecule has 2 aromatic carbocycles. The maximum absolute atomic E-state index is 12.7. The minimum absolute atomic E-state index is 0.0315. The Morgan fingerprint density at radius 1 is 1.15 bits per heavy atom. The van der Waals surface area contributed by atoms with Gasteiger partial charge in [0.05, 0.1) is 18.4 Å². The van der Waals surface area contributed by atoms with Gasteiger partial charge in [0.15, 0.2) is 0 Å². The van der Waals surface area contributed by atoms with Crippen molar-refractivity contribution in [3.05, 3.63) is 71.4 Å². The van der Waals surface area contributed by atoms with Crippen molar-refractivity contribution < 1.29 is 22.7 Å². The Hall–Kier alpha value is -3.29. The van der Waals surface area contributed by atoms with Gasteiger partial charge in [0.2, 0.25) is 0 Å². The van der Waals surface area contributed by atoms with E-state index in [0.717, 1.165) is 17.7 Å². The second-order valence-electron chi connectivity index (χ2n) is 5.78. The molecule has 5 nitrogen and oxygen atoms in total. The maximum atomic E-state index is 12.7. The average Bonchev–Trinajstić information content (AvgIpc) is 3.16. The Kier molecular flexibility index (Phi) is 5.16. The minimum atomic E-state index is -4.42. The molecule has 0 saturated carbocycles. The summed E-state index contributed by atoms with van der Waals surface area (Å²) >= 11 is 0. The molecule has 0 saturated heterocycles. The molecule has 1 heterocycles. The van der Waals surface area contributed by atoms with E-state index in [-0.39, 0.29) is 12.2 Å². The smallest absolute Gasteiger partial charge is 0.416 e. The van der Waals surface area contributed by atoms with Gasteiger partial charge in [-0.1, -0.05) is 24.3 Å². The lowest BCUT2D eigenvalue weighted by atomic mass is 10.1. The Balaban J connectivity index is 1.68. The predicted molar refractivity (Wildman–Crippen MR) is 93.2 cm³/mol. The monoisotopic (exact) mass is 375 g/mol. The first-order chi connectivity index (χ1) is 12.9. The summed E-state index contributed by atoms with van der Waals surface area (Å²) in [6.07, 6.45) is -4.42. The third-order valence-electron chi connectivity index (χ3n) is 3.90. The molecule has 0 spiro atoms. The molecular formula is C19H16F3N3O2. The molecule has 0 fully saturated rings. The Labute approximate surface area is 153 Å². The Morgan fingerprint density at radius 2 is 1.93 bits per heavy atom. The highest BCUT2D eigenvalue weighted by Crippen LogP contribution is 2.29. The van der Waals surface area contributed by atoms with Gasteiger partial charge in [0.1, 0.15) is 11.4 Å². The third-order valence-corrected chi connectivity index (χ3v) is 3.90. The number of halogens is 3. The van der Waals surface area contributed by atoms with Crippen molar-refractivity contribution in [2.75, 3.05) is 7.11 Å². The van der Waals surface area contributed by atoms with Crippen LogP contribution in [0.25, 0.3) is 11.3 Å². The molecule has 0 radical (unpaired) electrons. The van der Waals surface area contributed by atoms with E-state index in [2.05, 4.69) is 15.5 Å². The number of rotatable bonds is 5. The van der Waals surface area contributed by atoms with Crippen molar-refractivity contribution in [1.29, 1.82) is 0 Å². The van der Waals surface area contributed by atoms with Crippen LogP contribution in [0.1, 0.15) is 21.6 Å². The van der Waals surface area contributed by atoms with E-state index < -0.39 is 17.6 Å². The normalized spacial score (nSPS) is 11.3. The number of alkyl halides is 3.